The molecule has 1 rings (SSSR count). The summed E-state index contributed by atoms with van der Waals surface area (Å²) in [5.41, 5.74) is 1.06. The summed E-state index contributed by atoms with van der Waals surface area (Å²) < 4.78 is 5.15. The summed E-state index contributed by atoms with van der Waals surface area (Å²) in [5.74, 6) is 1.06. The lowest BCUT2D eigenvalue weighted by atomic mass is 9.91. The Morgan fingerprint density at radius 3 is 2.73 bits per heavy atom. The number of carbonyl (C=O) groups excluding carboxylic acids is 1. The van der Waals surface area contributed by atoms with E-state index in [0.717, 1.165) is 24.2 Å². The van der Waals surface area contributed by atoms with Crippen molar-refractivity contribution < 1.29 is 9.53 Å². The van der Waals surface area contributed by atoms with E-state index in [1.807, 2.05) is 24.3 Å². The van der Waals surface area contributed by atoms with Crippen LogP contribution in [0.3, 0.4) is 0 Å². The monoisotopic (exact) mass is 206 g/mol. The van der Waals surface area contributed by atoms with Crippen molar-refractivity contribution >= 4 is 5.78 Å². The maximum atomic E-state index is 11.5. The second-order valence-corrected chi connectivity index (χ2v) is 3.73. The molecule has 0 radical (unpaired) electrons. The highest BCUT2D eigenvalue weighted by atomic mass is 16.5. The lowest BCUT2D eigenvalue weighted by molar-refractivity contribution is -0.118. The third-order valence-corrected chi connectivity index (χ3v) is 2.56. The van der Waals surface area contributed by atoms with E-state index in [4.69, 9.17) is 4.74 Å². The van der Waals surface area contributed by atoms with Crippen molar-refractivity contribution in [1.29, 1.82) is 0 Å². The maximum absolute atomic E-state index is 11.5. The SMILES string of the molecule is CCC[C@@H](C(C)=O)c1cccc(OC)c1. The highest BCUT2D eigenvalue weighted by Crippen LogP contribution is 2.25. The van der Waals surface area contributed by atoms with E-state index >= 15 is 0 Å². The van der Waals surface area contributed by atoms with Gasteiger partial charge in [0.25, 0.3) is 0 Å². The zero-order valence-corrected chi connectivity index (χ0v) is 9.62. The van der Waals surface area contributed by atoms with E-state index < -0.39 is 0 Å². The van der Waals surface area contributed by atoms with Crippen LogP contribution >= 0.6 is 0 Å². The van der Waals surface area contributed by atoms with Gasteiger partial charge >= 0.3 is 0 Å². The summed E-state index contributed by atoms with van der Waals surface area (Å²) in [6, 6.07) is 7.76. The first-order valence-electron chi connectivity index (χ1n) is 5.33. The number of methoxy groups -OCH3 is 1. The number of hydrogen-bond donors (Lipinski definition) is 0. The van der Waals surface area contributed by atoms with Gasteiger partial charge in [-0.15, -0.1) is 0 Å². The number of rotatable bonds is 5. The fraction of sp³-hybridized carbons (Fsp3) is 0.462. The summed E-state index contributed by atoms with van der Waals surface area (Å²) >= 11 is 0. The van der Waals surface area contributed by atoms with Gasteiger partial charge in [-0.3, -0.25) is 4.79 Å². The Bertz CT molecular complexity index is 331. The predicted octanol–water partition coefficient (Wildman–Crippen LogP) is 3.17. The Labute approximate surface area is 91.3 Å². The molecule has 0 saturated heterocycles. The normalized spacial score (nSPS) is 12.2. The average Bonchev–Trinajstić information content (AvgIpc) is 2.25. The van der Waals surface area contributed by atoms with Crippen LogP contribution in [0.25, 0.3) is 0 Å². The largest absolute Gasteiger partial charge is 0.497 e. The van der Waals surface area contributed by atoms with Gasteiger partial charge in [0.15, 0.2) is 0 Å². The second-order valence-electron chi connectivity index (χ2n) is 3.73. The van der Waals surface area contributed by atoms with E-state index in [0.29, 0.717) is 0 Å². The van der Waals surface area contributed by atoms with E-state index in [1.165, 1.54) is 0 Å². The average molecular weight is 206 g/mol. The van der Waals surface area contributed by atoms with Crippen molar-refractivity contribution in [3.8, 4) is 5.75 Å². The summed E-state index contributed by atoms with van der Waals surface area (Å²) in [4.78, 5) is 11.5. The topological polar surface area (TPSA) is 26.3 Å². The van der Waals surface area contributed by atoms with Crippen LogP contribution in [-0.4, -0.2) is 12.9 Å². The molecule has 2 nitrogen and oxygen atoms in total. The Morgan fingerprint density at radius 2 is 2.20 bits per heavy atom. The lowest BCUT2D eigenvalue weighted by Gasteiger charge is -2.13. The zero-order valence-electron chi connectivity index (χ0n) is 9.62. The molecule has 0 unspecified atom stereocenters. The first-order chi connectivity index (χ1) is 7.19. The summed E-state index contributed by atoms with van der Waals surface area (Å²) in [7, 11) is 1.64. The second kappa shape index (κ2) is 5.54. The molecule has 0 amide bonds. The summed E-state index contributed by atoms with van der Waals surface area (Å²) in [6.45, 7) is 3.75. The lowest BCUT2D eigenvalue weighted by Crippen LogP contribution is -2.08. The fourth-order valence-electron chi connectivity index (χ4n) is 1.75. The Balaban J connectivity index is 2.94. The molecule has 15 heavy (non-hydrogen) atoms. The molecule has 0 bridgehead atoms. The van der Waals surface area contributed by atoms with Crippen molar-refractivity contribution in [2.45, 2.75) is 32.6 Å². The van der Waals surface area contributed by atoms with E-state index in [-0.39, 0.29) is 11.7 Å². The van der Waals surface area contributed by atoms with E-state index in [9.17, 15) is 4.79 Å². The maximum Gasteiger partial charge on any atom is 0.137 e. The van der Waals surface area contributed by atoms with Crippen LogP contribution in [0, 0.1) is 0 Å². The van der Waals surface area contributed by atoms with Crippen LogP contribution in [0.4, 0.5) is 0 Å². The summed E-state index contributed by atoms with van der Waals surface area (Å²) in [5, 5.41) is 0. The van der Waals surface area contributed by atoms with Crippen LogP contribution in [0.2, 0.25) is 0 Å². The standard InChI is InChI=1S/C13H18O2/c1-4-6-13(10(2)14)11-7-5-8-12(9-11)15-3/h5,7-9,13H,4,6H2,1-3H3/t13-/m0/s1. The summed E-state index contributed by atoms with van der Waals surface area (Å²) in [6.07, 6.45) is 1.92. The van der Waals surface area contributed by atoms with Crippen molar-refractivity contribution in [3.05, 3.63) is 29.8 Å². The molecule has 0 heterocycles. The third-order valence-electron chi connectivity index (χ3n) is 2.56. The predicted molar refractivity (Wildman–Crippen MR) is 61.3 cm³/mol. The Morgan fingerprint density at radius 1 is 1.47 bits per heavy atom. The molecule has 1 aromatic carbocycles. The molecule has 0 aliphatic heterocycles. The first kappa shape index (κ1) is 11.8. The van der Waals surface area contributed by atoms with Crippen molar-refractivity contribution in [3.63, 3.8) is 0 Å². The van der Waals surface area contributed by atoms with Gasteiger partial charge in [0.2, 0.25) is 0 Å². The molecule has 1 aromatic rings. The van der Waals surface area contributed by atoms with Gasteiger partial charge in [-0.1, -0.05) is 25.5 Å². The van der Waals surface area contributed by atoms with Crippen molar-refractivity contribution in [2.24, 2.45) is 0 Å². The van der Waals surface area contributed by atoms with Crippen LogP contribution in [0.5, 0.6) is 5.75 Å². The smallest absolute Gasteiger partial charge is 0.137 e. The number of carbonyl (C=O) groups is 1. The minimum atomic E-state index is 0.0186. The van der Waals surface area contributed by atoms with Gasteiger partial charge in [0.1, 0.15) is 11.5 Å². The number of ether oxygens (including phenoxy) is 1. The zero-order chi connectivity index (χ0) is 11.3. The van der Waals surface area contributed by atoms with Crippen molar-refractivity contribution in [2.75, 3.05) is 7.11 Å². The van der Waals surface area contributed by atoms with Gasteiger partial charge < -0.3 is 4.74 Å². The first-order valence-corrected chi connectivity index (χ1v) is 5.33. The highest BCUT2D eigenvalue weighted by molar-refractivity contribution is 5.83. The minimum Gasteiger partial charge on any atom is -0.497 e. The molecule has 0 N–H and O–H groups in total. The van der Waals surface area contributed by atoms with Crippen LogP contribution < -0.4 is 4.74 Å². The number of hydrogen-bond acceptors (Lipinski definition) is 2. The van der Waals surface area contributed by atoms with Crippen LogP contribution in [-0.2, 0) is 4.79 Å². The number of Topliss-reactive ketones (excluding diaryl/α,β-unsaturated/α-hetero) is 1. The van der Waals surface area contributed by atoms with Crippen LogP contribution in [0.15, 0.2) is 24.3 Å². The molecule has 82 valence electrons. The van der Waals surface area contributed by atoms with Gasteiger partial charge in [-0.25, -0.2) is 0 Å². The molecular formula is C13H18O2. The minimum absolute atomic E-state index is 0.0186. The van der Waals surface area contributed by atoms with E-state index in [1.54, 1.807) is 14.0 Å². The molecule has 1 atom stereocenters. The van der Waals surface area contributed by atoms with E-state index in [2.05, 4.69) is 6.92 Å². The highest BCUT2D eigenvalue weighted by Gasteiger charge is 2.15. The van der Waals surface area contributed by atoms with Gasteiger partial charge in [-0.05, 0) is 31.0 Å². The molecule has 0 fully saturated rings. The van der Waals surface area contributed by atoms with Gasteiger partial charge in [0, 0.05) is 5.92 Å². The Hall–Kier alpha value is -1.31. The molecule has 0 saturated carbocycles. The third kappa shape index (κ3) is 3.08. The molecular weight excluding hydrogens is 188 g/mol. The number of benzene rings is 1. The molecule has 0 spiro atoms. The molecule has 0 aliphatic rings. The number of ketones is 1. The quantitative estimate of drug-likeness (QED) is 0.739. The van der Waals surface area contributed by atoms with Gasteiger partial charge in [0.05, 0.1) is 7.11 Å². The molecule has 0 aliphatic carbocycles. The van der Waals surface area contributed by atoms with Gasteiger partial charge in [-0.2, -0.15) is 0 Å². The fourth-order valence-corrected chi connectivity index (χ4v) is 1.75. The molecule has 2 heteroatoms. The Kier molecular flexibility index (Phi) is 4.35. The van der Waals surface area contributed by atoms with Crippen molar-refractivity contribution in [1.82, 2.24) is 0 Å². The molecule has 0 aromatic heterocycles. The van der Waals surface area contributed by atoms with Crippen LogP contribution in [0.1, 0.15) is 38.2 Å².